The van der Waals surface area contributed by atoms with Crippen LogP contribution in [0.25, 0.3) is 0 Å². The second-order valence-corrected chi connectivity index (χ2v) is 8.60. The maximum Gasteiger partial charge on any atom is 0.270 e. The molecule has 1 saturated carbocycles. The number of thiazole rings is 1. The van der Waals surface area contributed by atoms with E-state index in [-0.39, 0.29) is 17.6 Å². The Balaban J connectivity index is 1.84. The molecule has 1 aromatic carbocycles. The van der Waals surface area contributed by atoms with Crippen molar-refractivity contribution in [2.24, 2.45) is 0 Å². The zero-order chi connectivity index (χ0) is 18.5. The lowest BCUT2D eigenvalue weighted by Crippen LogP contribution is -2.34. The average molecular weight is 392 g/mol. The van der Waals surface area contributed by atoms with Crippen molar-refractivity contribution in [2.75, 3.05) is 0 Å². The number of rotatable bonds is 5. The molecule has 1 amide bonds. The van der Waals surface area contributed by atoms with Crippen molar-refractivity contribution in [3.05, 3.63) is 45.0 Å². The minimum atomic E-state index is -0.468. The van der Waals surface area contributed by atoms with Crippen LogP contribution in [0.2, 0.25) is 0 Å². The van der Waals surface area contributed by atoms with Crippen LogP contribution in [-0.4, -0.2) is 21.9 Å². The van der Waals surface area contributed by atoms with Crippen molar-refractivity contribution in [3.8, 4) is 0 Å². The van der Waals surface area contributed by atoms with Crippen LogP contribution in [0.15, 0.2) is 32.8 Å². The number of non-ortho nitro benzene ring substituents is 1. The Bertz CT molecular complexity index is 799. The SMILES string of the molecule is Cc1csc(Sc2ccc([N+](=O)[O-])cc2C(=O)NC2CCCCCC2)n1. The second kappa shape index (κ2) is 8.64. The quantitative estimate of drug-likeness (QED) is 0.442. The molecule has 0 aliphatic heterocycles. The fourth-order valence-electron chi connectivity index (χ4n) is 3.06. The fraction of sp³-hybridized carbons (Fsp3) is 0.444. The number of nitro groups is 1. The Hall–Kier alpha value is -1.93. The summed E-state index contributed by atoms with van der Waals surface area (Å²) in [6.45, 7) is 1.91. The van der Waals surface area contributed by atoms with Crippen LogP contribution in [0.1, 0.15) is 54.6 Å². The number of benzene rings is 1. The summed E-state index contributed by atoms with van der Waals surface area (Å²) >= 11 is 2.87. The molecule has 0 spiro atoms. The summed E-state index contributed by atoms with van der Waals surface area (Å²) in [7, 11) is 0. The molecule has 0 radical (unpaired) electrons. The zero-order valence-electron chi connectivity index (χ0n) is 14.6. The molecule has 1 fully saturated rings. The highest BCUT2D eigenvalue weighted by Crippen LogP contribution is 2.34. The molecule has 3 rings (SSSR count). The third kappa shape index (κ3) is 4.82. The molecule has 1 N–H and O–H groups in total. The largest absolute Gasteiger partial charge is 0.349 e. The van der Waals surface area contributed by atoms with Gasteiger partial charge in [-0.25, -0.2) is 4.98 Å². The van der Waals surface area contributed by atoms with Crippen molar-refractivity contribution in [2.45, 2.75) is 60.7 Å². The van der Waals surface area contributed by atoms with Gasteiger partial charge in [0.1, 0.15) is 0 Å². The third-order valence-electron chi connectivity index (χ3n) is 4.40. The first kappa shape index (κ1) is 18.8. The van der Waals surface area contributed by atoms with E-state index in [0.29, 0.717) is 10.5 Å². The first-order chi connectivity index (χ1) is 12.5. The number of nitro benzene ring substituents is 1. The van der Waals surface area contributed by atoms with E-state index in [4.69, 9.17) is 0 Å². The normalized spacial score (nSPS) is 15.4. The Kier molecular flexibility index (Phi) is 6.26. The van der Waals surface area contributed by atoms with Gasteiger partial charge in [0.05, 0.1) is 10.5 Å². The Labute approximate surface area is 160 Å². The molecule has 138 valence electrons. The summed E-state index contributed by atoms with van der Waals surface area (Å²) in [5.74, 6) is -0.239. The number of aromatic nitrogens is 1. The van der Waals surface area contributed by atoms with Gasteiger partial charge in [-0.3, -0.25) is 14.9 Å². The second-order valence-electron chi connectivity index (χ2n) is 6.46. The van der Waals surface area contributed by atoms with Gasteiger partial charge in [0.15, 0.2) is 4.34 Å². The van der Waals surface area contributed by atoms with Gasteiger partial charge < -0.3 is 5.32 Å². The Morgan fingerprint density at radius 1 is 1.31 bits per heavy atom. The molecule has 1 aromatic heterocycles. The number of aryl methyl sites for hydroxylation is 1. The molecule has 2 aromatic rings. The van der Waals surface area contributed by atoms with Crippen LogP contribution in [0, 0.1) is 17.0 Å². The molecular formula is C18H21N3O3S2. The first-order valence-corrected chi connectivity index (χ1v) is 10.4. The van der Waals surface area contributed by atoms with Crippen LogP contribution in [0.4, 0.5) is 5.69 Å². The highest BCUT2D eigenvalue weighted by Gasteiger charge is 2.21. The molecule has 1 aliphatic rings. The van der Waals surface area contributed by atoms with Gasteiger partial charge in [-0.2, -0.15) is 0 Å². The molecule has 0 bridgehead atoms. The van der Waals surface area contributed by atoms with E-state index in [1.165, 1.54) is 48.1 Å². The topological polar surface area (TPSA) is 85.1 Å². The molecular weight excluding hydrogens is 370 g/mol. The van der Waals surface area contributed by atoms with E-state index >= 15 is 0 Å². The van der Waals surface area contributed by atoms with E-state index < -0.39 is 4.92 Å². The average Bonchev–Trinajstić information content (AvgIpc) is 2.86. The van der Waals surface area contributed by atoms with Gasteiger partial charge in [0.25, 0.3) is 11.6 Å². The Morgan fingerprint density at radius 2 is 2.04 bits per heavy atom. The lowest BCUT2D eigenvalue weighted by atomic mass is 10.1. The molecule has 0 unspecified atom stereocenters. The summed E-state index contributed by atoms with van der Waals surface area (Å²) in [6, 6.07) is 4.59. The highest BCUT2D eigenvalue weighted by atomic mass is 32.2. The number of hydrogen-bond donors (Lipinski definition) is 1. The van der Waals surface area contributed by atoms with E-state index in [1.807, 2.05) is 12.3 Å². The summed E-state index contributed by atoms with van der Waals surface area (Å²) in [6.07, 6.45) is 6.56. The van der Waals surface area contributed by atoms with E-state index in [9.17, 15) is 14.9 Å². The van der Waals surface area contributed by atoms with Gasteiger partial charge in [-0.05, 0) is 25.8 Å². The van der Waals surface area contributed by atoms with Crippen LogP contribution in [0.3, 0.4) is 0 Å². The van der Waals surface area contributed by atoms with Gasteiger partial charge in [-0.15, -0.1) is 11.3 Å². The molecule has 0 atom stereocenters. The van der Waals surface area contributed by atoms with Crippen molar-refractivity contribution in [1.82, 2.24) is 10.3 Å². The van der Waals surface area contributed by atoms with Crippen LogP contribution in [0.5, 0.6) is 0 Å². The molecule has 1 aliphatic carbocycles. The third-order valence-corrected chi connectivity index (χ3v) is 6.54. The summed E-state index contributed by atoms with van der Waals surface area (Å²) in [4.78, 5) is 28.6. The molecule has 1 heterocycles. The molecule has 26 heavy (non-hydrogen) atoms. The number of nitrogens with zero attached hydrogens (tertiary/aromatic N) is 2. The van der Waals surface area contributed by atoms with E-state index in [2.05, 4.69) is 10.3 Å². The minimum Gasteiger partial charge on any atom is -0.349 e. The number of nitrogens with one attached hydrogen (secondary N) is 1. The first-order valence-electron chi connectivity index (χ1n) is 8.72. The van der Waals surface area contributed by atoms with Crippen LogP contribution >= 0.6 is 23.1 Å². The molecule has 8 heteroatoms. The number of carbonyl (C=O) groups excluding carboxylic acids is 1. The maximum atomic E-state index is 12.9. The highest BCUT2D eigenvalue weighted by molar-refractivity contribution is 8.01. The lowest BCUT2D eigenvalue weighted by molar-refractivity contribution is -0.384. The number of hydrogen-bond acceptors (Lipinski definition) is 6. The predicted molar refractivity (Wildman–Crippen MR) is 103 cm³/mol. The standard InChI is InChI=1S/C18H21N3O3S2/c1-12-11-25-18(19-12)26-16-9-8-14(21(23)24)10-15(16)17(22)20-13-6-4-2-3-5-7-13/h8-11,13H,2-7H2,1H3,(H,20,22). The summed E-state index contributed by atoms with van der Waals surface area (Å²) in [5, 5.41) is 16.2. The van der Waals surface area contributed by atoms with E-state index in [0.717, 1.165) is 35.7 Å². The lowest BCUT2D eigenvalue weighted by Gasteiger charge is -2.17. The molecule has 6 nitrogen and oxygen atoms in total. The van der Waals surface area contributed by atoms with Crippen LogP contribution < -0.4 is 5.32 Å². The Morgan fingerprint density at radius 3 is 2.65 bits per heavy atom. The monoisotopic (exact) mass is 391 g/mol. The van der Waals surface area contributed by atoms with Gasteiger partial charge in [0.2, 0.25) is 0 Å². The van der Waals surface area contributed by atoms with Crippen molar-refractivity contribution < 1.29 is 9.72 Å². The maximum absolute atomic E-state index is 12.9. The number of carbonyl (C=O) groups is 1. The number of amides is 1. The minimum absolute atomic E-state index is 0.0734. The van der Waals surface area contributed by atoms with E-state index in [1.54, 1.807) is 6.07 Å². The van der Waals surface area contributed by atoms with Crippen molar-refractivity contribution >= 4 is 34.7 Å². The van der Waals surface area contributed by atoms with Crippen molar-refractivity contribution in [1.29, 1.82) is 0 Å². The summed E-state index contributed by atoms with van der Waals surface area (Å²) < 4.78 is 0.819. The van der Waals surface area contributed by atoms with Gasteiger partial charge in [0, 0.05) is 34.1 Å². The predicted octanol–water partition coefficient (Wildman–Crippen LogP) is 4.96. The smallest absolute Gasteiger partial charge is 0.270 e. The summed E-state index contributed by atoms with van der Waals surface area (Å²) in [5.41, 5.74) is 1.20. The van der Waals surface area contributed by atoms with Crippen molar-refractivity contribution in [3.63, 3.8) is 0 Å². The van der Waals surface area contributed by atoms with Gasteiger partial charge in [-0.1, -0.05) is 37.4 Å². The fourth-order valence-corrected chi connectivity index (χ4v) is 4.96. The van der Waals surface area contributed by atoms with Crippen LogP contribution in [-0.2, 0) is 0 Å². The van der Waals surface area contributed by atoms with Gasteiger partial charge >= 0.3 is 0 Å². The zero-order valence-corrected chi connectivity index (χ0v) is 16.2. The molecule has 0 saturated heterocycles.